The lowest BCUT2D eigenvalue weighted by Gasteiger charge is -2.40. The van der Waals surface area contributed by atoms with Gasteiger partial charge in [0.25, 0.3) is 0 Å². The summed E-state index contributed by atoms with van der Waals surface area (Å²) in [5.41, 5.74) is 0.131. The molecule has 0 aromatic carbocycles. The number of guanidine groups is 1. The summed E-state index contributed by atoms with van der Waals surface area (Å²) >= 11 is 0. The molecule has 0 aromatic heterocycles. The number of aliphatic imine (C=N–C) groups is 1. The second-order valence-corrected chi connectivity index (χ2v) is 8.62. The Balaban J connectivity index is 1.83. The van der Waals surface area contributed by atoms with Crippen molar-refractivity contribution in [3.8, 4) is 0 Å². The van der Waals surface area contributed by atoms with Gasteiger partial charge in [-0.3, -0.25) is 14.8 Å². The molecule has 0 saturated carbocycles. The summed E-state index contributed by atoms with van der Waals surface area (Å²) in [5.74, 6) is 0.957. The van der Waals surface area contributed by atoms with Crippen LogP contribution in [0.2, 0.25) is 0 Å². The molecular weight excluding hydrogens is 324 g/mol. The second kappa shape index (κ2) is 10.5. The molecule has 1 unspecified atom stereocenters. The average Bonchev–Trinajstić information content (AvgIpc) is 2.65. The monoisotopic (exact) mass is 366 g/mol. The van der Waals surface area contributed by atoms with Crippen molar-refractivity contribution in [1.29, 1.82) is 0 Å². The Hall–Kier alpha value is -0.850. The Bertz CT molecular complexity index is 422. The van der Waals surface area contributed by atoms with E-state index in [2.05, 4.69) is 60.1 Å². The fourth-order valence-electron chi connectivity index (χ4n) is 3.85. The summed E-state index contributed by atoms with van der Waals surface area (Å²) in [5, 5.41) is 6.99. The van der Waals surface area contributed by atoms with E-state index in [1.807, 2.05) is 0 Å². The molecule has 1 atom stereocenters. The van der Waals surface area contributed by atoms with Gasteiger partial charge in [0.15, 0.2) is 5.96 Å². The fourth-order valence-corrected chi connectivity index (χ4v) is 3.85. The smallest absolute Gasteiger partial charge is 0.191 e. The molecule has 0 spiro atoms. The van der Waals surface area contributed by atoms with Gasteiger partial charge in [-0.2, -0.15) is 0 Å². The van der Waals surface area contributed by atoms with Crippen LogP contribution in [0.4, 0.5) is 0 Å². The predicted octanol–water partition coefficient (Wildman–Crippen LogP) is 1.44. The maximum Gasteiger partial charge on any atom is 0.191 e. The van der Waals surface area contributed by atoms with Gasteiger partial charge in [-0.15, -0.1) is 0 Å². The number of nitrogens with one attached hydrogen (secondary N) is 2. The van der Waals surface area contributed by atoms with Gasteiger partial charge < -0.3 is 15.5 Å². The summed E-state index contributed by atoms with van der Waals surface area (Å²) in [6, 6.07) is 0.530. The molecule has 0 amide bonds. The molecule has 2 saturated heterocycles. The number of nitrogens with zero attached hydrogens (tertiary/aromatic N) is 4. The van der Waals surface area contributed by atoms with Crippen LogP contribution < -0.4 is 10.6 Å². The lowest BCUT2D eigenvalue weighted by atomic mass is 9.99. The number of piperazine rings is 1. The molecule has 2 fully saturated rings. The molecule has 2 aliphatic heterocycles. The maximum atomic E-state index is 4.92. The van der Waals surface area contributed by atoms with E-state index >= 15 is 0 Å². The highest BCUT2D eigenvalue weighted by Gasteiger charge is 2.27. The Morgan fingerprint density at radius 3 is 2.27 bits per heavy atom. The van der Waals surface area contributed by atoms with Crippen molar-refractivity contribution in [3.05, 3.63) is 0 Å². The summed E-state index contributed by atoms with van der Waals surface area (Å²) in [7, 11) is 2.21. The van der Waals surface area contributed by atoms with Crippen molar-refractivity contribution in [2.24, 2.45) is 4.99 Å². The molecule has 152 valence electrons. The predicted molar refractivity (Wildman–Crippen MR) is 112 cm³/mol. The summed E-state index contributed by atoms with van der Waals surface area (Å²) in [4.78, 5) is 12.5. The minimum atomic E-state index is 0.131. The van der Waals surface area contributed by atoms with Gasteiger partial charge in [0.1, 0.15) is 0 Å². The molecule has 0 bridgehead atoms. The highest BCUT2D eigenvalue weighted by molar-refractivity contribution is 5.79. The van der Waals surface area contributed by atoms with Crippen molar-refractivity contribution in [2.45, 2.75) is 58.5 Å². The van der Waals surface area contributed by atoms with E-state index in [4.69, 9.17) is 4.99 Å². The first-order chi connectivity index (χ1) is 12.4. The van der Waals surface area contributed by atoms with Crippen LogP contribution in [0.1, 0.15) is 47.0 Å². The van der Waals surface area contributed by atoms with Crippen LogP contribution in [0, 0.1) is 0 Å². The first kappa shape index (κ1) is 21.5. The van der Waals surface area contributed by atoms with Gasteiger partial charge >= 0.3 is 0 Å². The van der Waals surface area contributed by atoms with Crippen LogP contribution in [0.3, 0.4) is 0 Å². The second-order valence-electron chi connectivity index (χ2n) is 8.62. The topological polar surface area (TPSA) is 46.1 Å². The number of hydrogen-bond donors (Lipinski definition) is 2. The van der Waals surface area contributed by atoms with Gasteiger partial charge in [-0.1, -0.05) is 6.42 Å². The van der Waals surface area contributed by atoms with E-state index < -0.39 is 0 Å². The van der Waals surface area contributed by atoms with E-state index in [9.17, 15) is 0 Å². The van der Waals surface area contributed by atoms with E-state index in [1.54, 1.807) is 0 Å². The van der Waals surface area contributed by atoms with E-state index in [1.165, 1.54) is 45.4 Å². The minimum absolute atomic E-state index is 0.131. The van der Waals surface area contributed by atoms with Gasteiger partial charge in [0.05, 0.1) is 6.54 Å². The maximum absolute atomic E-state index is 4.92. The van der Waals surface area contributed by atoms with Crippen LogP contribution in [-0.4, -0.2) is 98.2 Å². The zero-order valence-corrected chi connectivity index (χ0v) is 17.9. The number of rotatable bonds is 7. The number of likely N-dealkylation sites (tertiary alicyclic amines) is 1. The Kier molecular flexibility index (Phi) is 8.64. The molecule has 2 aliphatic rings. The molecule has 6 heteroatoms. The van der Waals surface area contributed by atoms with E-state index in [0.717, 1.165) is 38.7 Å². The zero-order valence-electron chi connectivity index (χ0n) is 17.9. The fraction of sp³-hybridized carbons (Fsp3) is 0.950. The van der Waals surface area contributed by atoms with Crippen molar-refractivity contribution < 1.29 is 0 Å². The molecule has 0 aromatic rings. The van der Waals surface area contributed by atoms with Crippen LogP contribution in [0.25, 0.3) is 0 Å². The summed E-state index contributed by atoms with van der Waals surface area (Å²) in [6.45, 7) is 18.9. The average molecular weight is 367 g/mol. The van der Waals surface area contributed by atoms with E-state index in [0.29, 0.717) is 6.04 Å². The van der Waals surface area contributed by atoms with Crippen LogP contribution in [0.5, 0.6) is 0 Å². The highest BCUT2D eigenvalue weighted by atomic mass is 15.3. The van der Waals surface area contributed by atoms with Crippen molar-refractivity contribution in [2.75, 3.05) is 66.0 Å². The third kappa shape index (κ3) is 6.71. The third-order valence-electron chi connectivity index (χ3n) is 5.91. The van der Waals surface area contributed by atoms with Crippen LogP contribution in [0.15, 0.2) is 4.99 Å². The normalized spacial score (nSPS) is 23.0. The van der Waals surface area contributed by atoms with Gasteiger partial charge in [0, 0.05) is 50.8 Å². The number of piperidine rings is 1. The first-order valence-corrected chi connectivity index (χ1v) is 10.6. The Labute approximate surface area is 161 Å². The molecule has 2 rings (SSSR count). The van der Waals surface area contributed by atoms with Crippen molar-refractivity contribution in [1.82, 2.24) is 25.3 Å². The molecule has 2 heterocycles. The molecule has 26 heavy (non-hydrogen) atoms. The van der Waals surface area contributed by atoms with E-state index in [-0.39, 0.29) is 5.54 Å². The molecule has 0 aliphatic carbocycles. The van der Waals surface area contributed by atoms with Gasteiger partial charge in [-0.05, 0) is 60.7 Å². The van der Waals surface area contributed by atoms with Gasteiger partial charge in [0.2, 0.25) is 0 Å². The standard InChI is InChI=1S/C20H42N6/c1-6-21-19(22-16-18(2)25-14-12-24(5)13-15-25)23-17-20(3,4)26-10-8-7-9-11-26/h18H,6-17H2,1-5H3,(H2,21,22,23). The Morgan fingerprint density at radius 1 is 1.00 bits per heavy atom. The lowest BCUT2D eigenvalue weighted by molar-refractivity contribution is 0.102. The number of likely N-dealkylation sites (N-methyl/N-ethyl adjacent to an activating group) is 1. The largest absolute Gasteiger partial charge is 0.357 e. The zero-order chi connectivity index (χ0) is 19.0. The first-order valence-electron chi connectivity index (χ1n) is 10.6. The molecule has 0 radical (unpaired) electrons. The Morgan fingerprint density at radius 2 is 1.65 bits per heavy atom. The van der Waals surface area contributed by atoms with Crippen LogP contribution in [-0.2, 0) is 0 Å². The van der Waals surface area contributed by atoms with Crippen LogP contribution >= 0.6 is 0 Å². The SMILES string of the molecule is CCNC(=NCC(C)(C)N1CCCCC1)NCC(C)N1CCN(C)CC1. The minimum Gasteiger partial charge on any atom is -0.357 e. The highest BCUT2D eigenvalue weighted by Crippen LogP contribution is 2.20. The molecule has 2 N–H and O–H groups in total. The number of hydrogen-bond acceptors (Lipinski definition) is 4. The molecular formula is C20H42N6. The summed E-state index contributed by atoms with van der Waals surface area (Å²) in [6.07, 6.45) is 4.03. The quantitative estimate of drug-likeness (QED) is 0.527. The van der Waals surface area contributed by atoms with Crippen molar-refractivity contribution in [3.63, 3.8) is 0 Å². The van der Waals surface area contributed by atoms with Crippen molar-refractivity contribution >= 4 is 5.96 Å². The molecule has 6 nitrogen and oxygen atoms in total. The van der Waals surface area contributed by atoms with Gasteiger partial charge in [-0.25, -0.2) is 0 Å². The lowest BCUT2D eigenvalue weighted by Crippen LogP contribution is -2.53. The summed E-state index contributed by atoms with van der Waals surface area (Å²) < 4.78 is 0. The third-order valence-corrected chi connectivity index (χ3v) is 5.91.